The molecule has 19 heavy (non-hydrogen) atoms. The third kappa shape index (κ3) is 3.56. The fraction of sp³-hybridized carbons (Fsp3) is 0.615. The van der Waals surface area contributed by atoms with Crippen LogP contribution in [0.15, 0.2) is 4.52 Å². The summed E-state index contributed by atoms with van der Waals surface area (Å²) >= 11 is 0. The van der Waals surface area contributed by atoms with Gasteiger partial charge in [-0.15, -0.1) is 0 Å². The highest BCUT2D eigenvalue weighted by molar-refractivity contribution is 6.02. The van der Waals surface area contributed by atoms with E-state index in [1.54, 1.807) is 27.7 Å². The molecule has 0 aromatic carbocycles. The minimum atomic E-state index is -0.586. The molecule has 1 rings (SSSR count). The molecule has 0 aliphatic carbocycles. The summed E-state index contributed by atoms with van der Waals surface area (Å²) in [5.74, 6) is -0.253. The van der Waals surface area contributed by atoms with Crippen LogP contribution in [0.3, 0.4) is 0 Å². The first kappa shape index (κ1) is 15.2. The van der Waals surface area contributed by atoms with Crippen LogP contribution in [0.5, 0.6) is 0 Å². The Hall–Kier alpha value is -1.85. The first-order valence-electron chi connectivity index (χ1n) is 6.28. The molecule has 0 atom stereocenters. The average Bonchev–Trinajstić information content (AvgIpc) is 2.71. The van der Waals surface area contributed by atoms with Gasteiger partial charge in [-0.25, -0.2) is 4.79 Å². The van der Waals surface area contributed by atoms with Crippen molar-refractivity contribution >= 4 is 17.7 Å². The topological polar surface area (TPSA) is 81.4 Å². The average molecular weight is 268 g/mol. The molecule has 0 aliphatic rings. The highest BCUT2D eigenvalue weighted by Crippen LogP contribution is 2.23. The highest BCUT2D eigenvalue weighted by atomic mass is 16.5. The zero-order valence-electron chi connectivity index (χ0n) is 12.0. The van der Waals surface area contributed by atoms with Gasteiger partial charge in [0.15, 0.2) is 11.6 Å². The number of ether oxygens (including phenoxy) is 1. The largest absolute Gasteiger partial charge is 0.462 e. The lowest BCUT2D eigenvalue weighted by molar-refractivity contribution is -0.123. The minimum absolute atomic E-state index is 0.121. The maximum atomic E-state index is 11.9. The van der Waals surface area contributed by atoms with Crippen LogP contribution < -0.4 is 5.32 Å². The molecular formula is C13H20N2O4. The third-order valence-corrected chi connectivity index (χ3v) is 2.48. The molecule has 1 aromatic rings. The van der Waals surface area contributed by atoms with Crippen LogP contribution in [0, 0.1) is 5.41 Å². The molecule has 6 nitrogen and oxygen atoms in total. The van der Waals surface area contributed by atoms with Crippen molar-refractivity contribution in [1.29, 1.82) is 0 Å². The van der Waals surface area contributed by atoms with E-state index in [1.807, 2.05) is 6.92 Å². The first-order chi connectivity index (χ1) is 8.81. The molecular weight excluding hydrogens is 248 g/mol. The van der Waals surface area contributed by atoms with E-state index in [-0.39, 0.29) is 23.9 Å². The van der Waals surface area contributed by atoms with E-state index in [2.05, 4.69) is 10.5 Å². The number of hydrogen-bond acceptors (Lipinski definition) is 5. The number of amides is 1. The van der Waals surface area contributed by atoms with Gasteiger partial charge in [-0.1, -0.05) is 32.9 Å². The molecule has 6 heteroatoms. The molecule has 1 heterocycles. The summed E-state index contributed by atoms with van der Waals surface area (Å²) in [5, 5.41) is 6.34. The molecule has 106 valence electrons. The summed E-state index contributed by atoms with van der Waals surface area (Å²) in [5.41, 5.74) is -0.390. The molecule has 0 saturated carbocycles. The number of esters is 1. The number of nitrogens with one attached hydrogen (secondary N) is 1. The second-order valence-electron chi connectivity index (χ2n) is 5.11. The van der Waals surface area contributed by atoms with Gasteiger partial charge in [0, 0.05) is 11.8 Å². The van der Waals surface area contributed by atoms with Crippen LogP contribution in [0.2, 0.25) is 0 Å². The van der Waals surface area contributed by atoms with Gasteiger partial charge in [-0.2, -0.15) is 0 Å². The Morgan fingerprint density at radius 3 is 2.42 bits per heavy atom. The Kier molecular flexibility index (Phi) is 4.69. The van der Waals surface area contributed by atoms with Crippen molar-refractivity contribution < 1.29 is 18.8 Å². The lowest BCUT2D eigenvalue weighted by atomic mass is 9.95. The Bertz CT molecular complexity index is 471. The molecule has 1 N–H and O–H groups in total. The van der Waals surface area contributed by atoms with Gasteiger partial charge in [0.25, 0.3) is 0 Å². The molecule has 0 saturated heterocycles. The number of aryl methyl sites for hydroxylation is 1. The minimum Gasteiger partial charge on any atom is -0.462 e. The van der Waals surface area contributed by atoms with Gasteiger partial charge in [0.05, 0.1) is 6.61 Å². The molecule has 0 fully saturated rings. The van der Waals surface area contributed by atoms with Crippen molar-refractivity contribution in [2.45, 2.75) is 41.0 Å². The van der Waals surface area contributed by atoms with Gasteiger partial charge in [-0.3, -0.25) is 4.79 Å². The quantitative estimate of drug-likeness (QED) is 0.848. The Balaban J connectivity index is 3.05. The second kappa shape index (κ2) is 5.86. The number of carbonyl (C=O) groups excluding carboxylic acids is 2. The summed E-state index contributed by atoms with van der Waals surface area (Å²) < 4.78 is 10.0. The van der Waals surface area contributed by atoms with E-state index in [0.29, 0.717) is 12.2 Å². The normalized spacial score (nSPS) is 11.2. The molecule has 0 aliphatic heterocycles. The summed E-state index contributed by atoms with van der Waals surface area (Å²) in [7, 11) is 0. The van der Waals surface area contributed by atoms with E-state index in [1.165, 1.54) is 0 Å². The molecule has 0 bridgehead atoms. The fourth-order valence-corrected chi connectivity index (χ4v) is 1.36. The summed E-state index contributed by atoms with van der Waals surface area (Å²) in [6, 6.07) is 0. The third-order valence-electron chi connectivity index (χ3n) is 2.48. The van der Waals surface area contributed by atoms with E-state index < -0.39 is 11.4 Å². The molecule has 1 amide bonds. The van der Waals surface area contributed by atoms with Crippen molar-refractivity contribution in [3.63, 3.8) is 0 Å². The van der Waals surface area contributed by atoms with E-state index in [0.717, 1.165) is 0 Å². The smallest absolute Gasteiger partial charge is 0.345 e. The Morgan fingerprint density at radius 1 is 1.32 bits per heavy atom. The van der Waals surface area contributed by atoms with Crippen LogP contribution in [-0.4, -0.2) is 23.6 Å². The molecule has 0 unspecified atom stereocenters. The van der Waals surface area contributed by atoms with Crippen molar-refractivity contribution in [2.24, 2.45) is 5.41 Å². The number of carbonyl (C=O) groups is 2. The molecule has 1 aromatic heterocycles. The number of aromatic nitrogens is 1. The van der Waals surface area contributed by atoms with Crippen LogP contribution in [0.1, 0.15) is 50.7 Å². The van der Waals surface area contributed by atoms with Crippen LogP contribution >= 0.6 is 0 Å². The van der Waals surface area contributed by atoms with Gasteiger partial charge in [0.2, 0.25) is 5.91 Å². The van der Waals surface area contributed by atoms with Crippen LogP contribution in [-0.2, 0) is 16.0 Å². The van der Waals surface area contributed by atoms with Crippen molar-refractivity contribution in [1.82, 2.24) is 5.16 Å². The van der Waals surface area contributed by atoms with Gasteiger partial charge < -0.3 is 14.6 Å². The zero-order valence-corrected chi connectivity index (χ0v) is 12.0. The van der Waals surface area contributed by atoms with E-state index in [9.17, 15) is 9.59 Å². The SMILES string of the molecule is CCOC(=O)c1c(NC(=O)C(C)(C)C)noc1CC. The monoisotopic (exact) mass is 268 g/mol. The first-order valence-corrected chi connectivity index (χ1v) is 6.28. The maximum Gasteiger partial charge on any atom is 0.345 e. The van der Waals surface area contributed by atoms with Crippen LogP contribution in [0.4, 0.5) is 5.82 Å². The Labute approximate surface area is 112 Å². The number of anilines is 1. The fourth-order valence-electron chi connectivity index (χ4n) is 1.36. The van der Waals surface area contributed by atoms with Crippen molar-refractivity contribution in [2.75, 3.05) is 11.9 Å². The van der Waals surface area contributed by atoms with Crippen molar-refractivity contribution in [3.05, 3.63) is 11.3 Å². The lowest BCUT2D eigenvalue weighted by Crippen LogP contribution is -2.28. The number of nitrogens with zero attached hydrogens (tertiary/aromatic N) is 1. The summed E-state index contributed by atoms with van der Waals surface area (Å²) in [6.45, 7) is 9.11. The number of rotatable bonds is 4. The summed E-state index contributed by atoms with van der Waals surface area (Å²) in [4.78, 5) is 23.8. The van der Waals surface area contributed by atoms with Crippen molar-refractivity contribution in [3.8, 4) is 0 Å². The lowest BCUT2D eigenvalue weighted by Gasteiger charge is -2.16. The Morgan fingerprint density at radius 2 is 1.95 bits per heavy atom. The van der Waals surface area contributed by atoms with E-state index >= 15 is 0 Å². The second-order valence-corrected chi connectivity index (χ2v) is 5.11. The van der Waals surface area contributed by atoms with Gasteiger partial charge in [-0.05, 0) is 6.92 Å². The zero-order chi connectivity index (χ0) is 14.6. The maximum absolute atomic E-state index is 11.9. The molecule has 0 radical (unpaired) electrons. The number of hydrogen-bond donors (Lipinski definition) is 1. The summed E-state index contributed by atoms with van der Waals surface area (Å²) in [6.07, 6.45) is 0.493. The predicted molar refractivity (Wildman–Crippen MR) is 69.9 cm³/mol. The predicted octanol–water partition coefficient (Wildman–Crippen LogP) is 2.40. The standard InChI is InChI=1S/C13H20N2O4/c1-6-8-9(11(16)18-7-2)10(15-19-8)14-12(17)13(3,4)5/h6-7H2,1-5H3,(H,14,15,17). The highest BCUT2D eigenvalue weighted by Gasteiger charge is 2.28. The van der Waals surface area contributed by atoms with E-state index in [4.69, 9.17) is 9.26 Å². The molecule has 0 spiro atoms. The van der Waals surface area contributed by atoms with Crippen LogP contribution in [0.25, 0.3) is 0 Å². The van der Waals surface area contributed by atoms with Gasteiger partial charge >= 0.3 is 5.97 Å². The van der Waals surface area contributed by atoms with Gasteiger partial charge in [0.1, 0.15) is 5.56 Å².